The molecular formula is C21H22N4O4. The van der Waals surface area contributed by atoms with Crippen molar-refractivity contribution in [3.05, 3.63) is 58.2 Å². The van der Waals surface area contributed by atoms with Gasteiger partial charge in [0.2, 0.25) is 5.75 Å². The van der Waals surface area contributed by atoms with Gasteiger partial charge in [-0.3, -0.25) is 4.98 Å². The van der Waals surface area contributed by atoms with Crippen LogP contribution in [0.2, 0.25) is 0 Å². The minimum Gasteiger partial charge on any atom is -0.493 e. The summed E-state index contributed by atoms with van der Waals surface area (Å²) in [4.78, 5) is 7.29. The molecule has 1 heterocycles. The highest BCUT2D eigenvalue weighted by atomic mass is 16.5. The molecule has 0 aliphatic heterocycles. The number of fused-ring (bicyclic) bond motifs is 1. The van der Waals surface area contributed by atoms with Gasteiger partial charge < -0.3 is 18.9 Å². The van der Waals surface area contributed by atoms with Crippen molar-refractivity contribution in [2.24, 2.45) is 5.11 Å². The van der Waals surface area contributed by atoms with Crippen molar-refractivity contribution < 1.29 is 18.9 Å². The molecule has 8 nitrogen and oxygen atoms in total. The third-order valence-electron chi connectivity index (χ3n) is 4.52. The Morgan fingerprint density at radius 1 is 0.966 bits per heavy atom. The van der Waals surface area contributed by atoms with E-state index >= 15 is 0 Å². The Labute approximate surface area is 168 Å². The zero-order chi connectivity index (χ0) is 20.8. The van der Waals surface area contributed by atoms with E-state index in [1.54, 1.807) is 33.7 Å². The van der Waals surface area contributed by atoms with Crippen LogP contribution in [-0.4, -0.2) is 32.9 Å². The third kappa shape index (κ3) is 3.97. The first-order valence-electron chi connectivity index (χ1n) is 9.03. The van der Waals surface area contributed by atoms with E-state index in [1.807, 2.05) is 31.2 Å². The molecule has 0 aliphatic carbocycles. The minimum absolute atomic E-state index is 0.436. The number of azide groups is 1. The van der Waals surface area contributed by atoms with Gasteiger partial charge in [-0.2, -0.15) is 0 Å². The van der Waals surface area contributed by atoms with Crippen molar-refractivity contribution in [1.82, 2.24) is 4.98 Å². The number of nitrogens with zero attached hydrogens (tertiary/aromatic N) is 4. The first-order chi connectivity index (χ1) is 14.2. The number of aromatic nitrogens is 1. The topological polar surface area (TPSA) is 98.6 Å². The van der Waals surface area contributed by atoms with Crippen LogP contribution in [0.4, 0.5) is 5.69 Å². The molecule has 0 unspecified atom stereocenters. The van der Waals surface area contributed by atoms with E-state index in [1.165, 1.54) is 0 Å². The zero-order valence-corrected chi connectivity index (χ0v) is 16.8. The minimum atomic E-state index is 0.436. The maximum atomic E-state index is 8.98. The van der Waals surface area contributed by atoms with Gasteiger partial charge in [-0.1, -0.05) is 11.2 Å². The number of ether oxygens (including phenoxy) is 4. The third-order valence-corrected chi connectivity index (χ3v) is 4.52. The lowest BCUT2D eigenvalue weighted by Gasteiger charge is -2.15. The van der Waals surface area contributed by atoms with E-state index < -0.39 is 0 Å². The normalized spacial score (nSPS) is 10.3. The van der Waals surface area contributed by atoms with Crippen molar-refractivity contribution >= 4 is 16.5 Å². The van der Waals surface area contributed by atoms with Gasteiger partial charge in [0.15, 0.2) is 11.5 Å². The molecule has 0 saturated carbocycles. The molecule has 8 heteroatoms. The maximum absolute atomic E-state index is 8.98. The fourth-order valence-corrected chi connectivity index (χ4v) is 3.29. The van der Waals surface area contributed by atoms with Gasteiger partial charge in [0.1, 0.15) is 5.75 Å². The number of methoxy groups -OCH3 is 3. The Hall–Kier alpha value is -3.64. The highest BCUT2D eigenvalue weighted by molar-refractivity contribution is 5.96. The van der Waals surface area contributed by atoms with Crippen LogP contribution in [0.15, 0.2) is 41.8 Å². The average molecular weight is 394 g/mol. The van der Waals surface area contributed by atoms with Crippen LogP contribution >= 0.6 is 0 Å². The summed E-state index contributed by atoms with van der Waals surface area (Å²) in [5, 5.41) is 5.50. The lowest BCUT2D eigenvalue weighted by molar-refractivity contribution is 0.324. The van der Waals surface area contributed by atoms with Crippen molar-refractivity contribution in [2.45, 2.75) is 13.3 Å². The standard InChI is InChI=1S/C21H22N4O4/c1-5-29-17-7-6-15-14(11-23-12-16(15)20(17)24-25-22)8-13-9-18(26-2)21(28-4)19(10-13)27-3/h6-7,9-12H,5,8H2,1-4H3. The molecule has 0 saturated heterocycles. The molecule has 150 valence electrons. The van der Waals surface area contributed by atoms with E-state index in [0.29, 0.717) is 41.7 Å². The predicted molar refractivity (Wildman–Crippen MR) is 111 cm³/mol. The lowest BCUT2D eigenvalue weighted by atomic mass is 9.99. The fraction of sp³-hybridized carbons (Fsp3) is 0.286. The molecule has 3 rings (SSSR count). The molecule has 0 amide bonds. The Balaban J connectivity index is 2.12. The summed E-state index contributed by atoms with van der Waals surface area (Å²) in [7, 11) is 4.74. The molecule has 2 aromatic carbocycles. The Bertz CT molecular complexity index is 1050. The molecule has 0 N–H and O–H groups in total. The van der Waals surface area contributed by atoms with Crippen molar-refractivity contribution in [3.63, 3.8) is 0 Å². The van der Waals surface area contributed by atoms with Gasteiger partial charge in [0.05, 0.1) is 33.6 Å². The molecule has 0 bridgehead atoms. The number of hydrogen-bond acceptors (Lipinski definition) is 6. The van der Waals surface area contributed by atoms with Gasteiger partial charge in [-0.15, -0.1) is 0 Å². The first kappa shape index (κ1) is 20.1. The number of hydrogen-bond donors (Lipinski definition) is 0. The van der Waals surface area contributed by atoms with Crippen LogP contribution in [0.1, 0.15) is 18.1 Å². The summed E-state index contributed by atoms with van der Waals surface area (Å²) in [6.07, 6.45) is 4.05. The van der Waals surface area contributed by atoms with Crippen molar-refractivity contribution in [1.29, 1.82) is 0 Å². The number of rotatable bonds is 8. The highest BCUT2D eigenvalue weighted by Crippen LogP contribution is 2.40. The van der Waals surface area contributed by atoms with E-state index in [-0.39, 0.29) is 0 Å². The Morgan fingerprint density at radius 3 is 2.28 bits per heavy atom. The summed E-state index contributed by atoms with van der Waals surface area (Å²) in [6.45, 7) is 2.35. The van der Waals surface area contributed by atoms with Gasteiger partial charge in [-0.05, 0) is 53.6 Å². The maximum Gasteiger partial charge on any atom is 0.203 e. The molecule has 1 aromatic heterocycles. The zero-order valence-electron chi connectivity index (χ0n) is 16.8. The van der Waals surface area contributed by atoms with Crippen LogP contribution in [0.5, 0.6) is 23.0 Å². The number of benzene rings is 2. The van der Waals surface area contributed by atoms with E-state index in [0.717, 1.165) is 21.9 Å². The molecule has 29 heavy (non-hydrogen) atoms. The van der Waals surface area contributed by atoms with Crippen molar-refractivity contribution in [2.75, 3.05) is 27.9 Å². The van der Waals surface area contributed by atoms with Crippen LogP contribution in [0, 0.1) is 0 Å². The molecule has 0 fully saturated rings. The van der Waals surface area contributed by atoms with Crippen LogP contribution in [-0.2, 0) is 6.42 Å². The molecule has 0 spiro atoms. The fourth-order valence-electron chi connectivity index (χ4n) is 3.29. The lowest BCUT2D eigenvalue weighted by Crippen LogP contribution is -1.99. The first-order valence-corrected chi connectivity index (χ1v) is 9.03. The van der Waals surface area contributed by atoms with Crippen molar-refractivity contribution in [3.8, 4) is 23.0 Å². The van der Waals surface area contributed by atoms with E-state index in [2.05, 4.69) is 15.0 Å². The molecule has 0 radical (unpaired) electrons. The molecule has 0 aliphatic rings. The van der Waals surface area contributed by atoms with Gasteiger partial charge in [0.25, 0.3) is 0 Å². The van der Waals surface area contributed by atoms with E-state index in [4.69, 9.17) is 24.5 Å². The average Bonchev–Trinajstić information content (AvgIpc) is 2.75. The number of pyridine rings is 1. The van der Waals surface area contributed by atoms with E-state index in [9.17, 15) is 0 Å². The molecule has 0 atom stereocenters. The van der Waals surface area contributed by atoms with Crippen LogP contribution in [0.3, 0.4) is 0 Å². The monoisotopic (exact) mass is 394 g/mol. The largest absolute Gasteiger partial charge is 0.493 e. The quantitative estimate of drug-likeness (QED) is 0.297. The van der Waals surface area contributed by atoms with Gasteiger partial charge >= 0.3 is 0 Å². The predicted octanol–water partition coefficient (Wildman–Crippen LogP) is 5.19. The van der Waals surface area contributed by atoms with Gasteiger partial charge in [-0.25, -0.2) is 0 Å². The van der Waals surface area contributed by atoms with Gasteiger partial charge in [0, 0.05) is 22.7 Å². The Kier molecular flexibility index (Phi) is 6.26. The summed E-state index contributed by atoms with van der Waals surface area (Å²) in [5.41, 5.74) is 11.4. The second kappa shape index (κ2) is 9.03. The summed E-state index contributed by atoms with van der Waals surface area (Å²) < 4.78 is 21.9. The second-order valence-electron chi connectivity index (χ2n) is 6.14. The highest BCUT2D eigenvalue weighted by Gasteiger charge is 2.15. The van der Waals surface area contributed by atoms with Crippen LogP contribution < -0.4 is 18.9 Å². The molecule has 3 aromatic rings. The SMILES string of the molecule is CCOc1ccc2c(Cc3cc(OC)c(OC)c(OC)c3)cncc2c1N=[N+]=[N-]. The summed E-state index contributed by atoms with van der Waals surface area (Å²) >= 11 is 0. The summed E-state index contributed by atoms with van der Waals surface area (Å²) in [6, 6.07) is 7.58. The second-order valence-corrected chi connectivity index (χ2v) is 6.14. The summed E-state index contributed by atoms with van der Waals surface area (Å²) in [5.74, 6) is 2.25. The smallest absolute Gasteiger partial charge is 0.203 e. The molecular weight excluding hydrogens is 372 g/mol. The Morgan fingerprint density at radius 2 is 1.69 bits per heavy atom. The van der Waals surface area contributed by atoms with Crippen LogP contribution in [0.25, 0.3) is 21.2 Å².